The molecule has 2 aromatic carbocycles. The van der Waals surface area contributed by atoms with Crippen LogP contribution >= 0.6 is 11.6 Å². The number of aliphatic hydroxyl groups excluding tert-OH is 1. The highest BCUT2D eigenvalue weighted by atomic mass is 35.5. The summed E-state index contributed by atoms with van der Waals surface area (Å²) in [7, 11) is 1.58. The number of ether oxygens (including phenoxy) is 1. The molecule has 1 unspecified atom stereocenters. The molecule has 1 N–H and O–H groups in total. The topological polar surface area (TPSA) is 29.5 Å². The molecule has 0 bridgehead atoms. The zero-order chi connectivity index (χ0) is 13.8. The Bertz CT molecular complexity index is 566. The van der Waals surface area contributed by atoms with Gasteiger partial charge in [-0.2, -0.15) is 0 Å². The van der Waals surface area contributed by atoms with E-state index in [1.54, 1.807) is 19.2 Å². The van der Waals surface area contributed by atoms with Gasteiger partial charge in [0.25, 0.3) is 0 Å². The Balaban J connectivity index is 2.27. The lowest BCUT2D eigenvalue weighted by Gasteiger charge is -2.16. The standard InChI is InChI=1S/C16H17ClO2/c1-11-5-3-6-12(9-11)10-14(18)16-13(17)7-4-8-15(16)19-2/h3-9,14,18H,10H2,1-2H3. The second-order valence-electron chi connectivity index (χ2n) is 4.56. The van der Waals surface area contributed by atoms with Crippen LogP contribution in [0.25, 0.3) is 0 Å². The van der Waals surface area contributed by atoms with Crippen LogP contribution in [-0.4, -0.2) is 12.2 Å². The number of halogens is 1. The third-order valence-corrected chi connectivity index (χ3v) is 3.41. The van der Waals surface area contributed by atoms with Crippen molar-refractivity contribution in [2.45, 2.75) is 19.4 Å². The molecule has 0 aliphatic rings. The van der Waals surface area contributed by atoms with Gasteiger partial charge in [-0.1, -0.05) is 47.5 Å². The molecule has 19 heavy (non-hydrogen) atoms. The quantitative estimate of drug-likeness (QED) is 0.917. The molecule has 0 fully saturated rings. The summed E-state index contributed by atoms with van der Waals surface area (Å²) < 4.78 is 5.26. The van der Waals surface area contributed by atoms with Crippen LogP contribution in [0.5, 0.6) is 5.75 Å². The molecule has 2 aromatic rings. The Morgan fingerprint density at radius 3 is 2.63 bits per heavy atom. The predicted molar refractivity (Wildman–Crippen MR) is 77.8 cm³/mol. The summed E-state index contributed by atoms with van der Waals surface area (Å²) in [5, 5.41) is 10.9. The Morgan fingerprint density at radius 2 is 1.95 bits per heavy atom. The van der Waals surface area contributed by atoms with Gasteiger partial charge in [0.15, 0.2) is 0 Å². The molecule has 0 saturated heterocycles. The maximum Gasteiger partial charge on any atom is 0.126 e. The van der Waals surface area contributed by atoms with Crippen LogP contribution in [0, 0.1) is 6.92 Å². The SMILES string of the molecule is COc1cccc(Cl)c1C(O)Cc1cccc(C)c1. The first kappa shape index (κ1) is 13.9. The Hall–Kier alpha value is -1.51. The Morgan fingerprint density at radius 1 is 1.21 bits per heavy atom. The van der Waals surface area contributed by atoms with Crippen molar-refractivity contribution in [1.82, 2.24) is 0 Å². The highest BCUT2D eigenvalue weighted by molar-refractivity contribution is 6.31. The summed E-state index contributed by atoms with van der Waals surface area (Å²) in [4.78, 5) is 0. The second kappa shape index (κ2) is 6.09. The summed E-state index contributed by atoms with van der Waals surface area (Å²) in [5.74, 6) is 0.618. The van der Waals surface area contributed by atoms with E-state index in [1.165, 1.54) is 5.56 Å². The molecule has 0 saturated carbocycles. The van der Waals surface area contributed by atoms with Crippen LogP contribution in [0.3, 0.4) is 0 Å². The van der Waals surface area contributed by atoms with E-state index in [0.29, 0.717) is 22.8 Å². The fourth-order valence-corrected chi connectivity index (χ4v) is 2.47. The van der Waals surface area contributed by atoms with Gasteiger partial charge in [-0.15, -0.1) is 0 Å². The summed E-state index contributed by atoms with van der Waals surface area (Å²) in [6.07, 6.45) is -0.160. The average molecular weight is 277 g/mol. The van der Waals surface area contributed by atoms with Gasteiger partial charge in [-0.25, -0.2) is 0 Å². The van der Waals surface area contributed by atoms with Gasteiger partial charge < -0.3 is 9.84 Å². The van der Waals surface area contributed by atoms with Crippen molar-refractivity contribution in [2.24, 2.45) is 0 Å². The lowest BCUT2D eigenvalue weighted by molar-refractivity contribution is 0.174. The van der Waals surface area contributed by atoms with Gasteiger partial charge in [0.05, 0.1) is 18.2 Å². The third kappa shape index (κ3) is 3.28. The van der Waals surface area contributed by atoms with Crippen molar-refractivity contribution in [2.75, 3.05) is 7.11 Å². The highest BCUT2D eigenvalue weighted by Gasteiger charge is 2.17. The molecule has 3 heteroatoms. The van der Waals surface area contributed by atoms with E-state index in [1.807, 2.05) is 31.2 Å². The van der Waals surface area contributed by atoms with E-state index >= 15 is 0 Å². The first-order valence-electron chi connectivity index (χ1n) is 6.18. The van der Waals surface area contributed by atoms with Crippen molar-refractivity contribution < 1.29 is 9.84 Å². The van der Waals surface area contributed by atoms with E-state index < -0.39 is 6.10 Å². The second-order valence-corrected chi connectivity index (χ2v) is 4.97. The number of hydrogen-bond donors (Lipinski definition) is 1. The number of benzene rings is 2. The summed E-state index contributed by atoms with van der Waals surface area (Å²) in [6.45, 7) is 2.03. The van der Waals surface area contributed by atoms with Gasteiger partial charge in [-0.05, 0) is 24.6 Å². The molecule has 0 heterocycles. The fraction of sp³-hybridized carbons (Fsp3) is 0.250. The summed E-state index contributed by atoms with van der Waals surface area (Å²) in [5.41, 5.74) is 2.90. The van der Waals surface area contributed by atoms with Crippen molar-refractivity contribution in [3.05, 3.63) is 64.2 Å². The highest BCUT2D eigenvalue weighted by Crippen LogP contribution is 2.33. The zero-order valence-electron chi connectivity index (χ0n) is 11.1. The van der Waals surface area contributed by atoms with Crippen LogP contribution < -0.4 is 4.74 Å². The molecule has 2 nitrogen and oxygen atoms in total. The molecule has 0 radical (unpaired) electrons. The van der Waals surface area contributed by atoms with E-state index in [0.717, 1.165) is 5.56 Å². The first-order valence-corrected chi connectivity index (χ1v) is 6.55. The normalized spacial score (nSPS) is 12.2. The minimum absolute atomic E-state index is 0.516. The van der Waals surface area contributed by atoms with Crippen molar-refractivity contribution >= 4 is 11.6 Å². The lowest BCUT2D eigenvalue weighted by Crippen LogP contribution is -2.05. The minimum Gasteiger partial charge on any atom is -0.496 e. The van der Waals surface area contributed by atoms with Gasteiger partial charge in [0.2, 0.25) is 0 Å². The number of methoxy groups -OCH3 is 1. The number of aliphatic hydroxyl groups is 1. The lowest BCUT2D eigenvalue weighted by atomic mass is 9.99. The molecule has 0 aromatic heterocycles. The van der Waals surface area contributed by atoms with Crippen LogP contribution in [0.15, 0.2) is 42.5 Å². The van der Waals surface area contributed by atoms with Crippen LogP contribution in [0.2, 0.25) is 5.02 Å². The molecular weight excluding hydrogens is 260 g/mol. The third-order valence-electron chi connectivity index (χ3n) is 3.08. The average Bonchev–Trinajstić information content (AvgIpc) is 2.38. The minimum atomic E-state index is -0.676. The molecule has 0 aliphatic heterocycles. The van der Waals surface area contributed by atoms with Gasteiger partial charge in [0, 0.05) is 12.0 Å². The predicted octanol–water partition coefficient (Wildman–Crippen LogP) is 3.93. The van der Waals surface area contributed by atoms with Crippen molar-refractivity contribution in [3.8, 4) is 5.75 Å². The number of hydrogen-bond acceptors (Lipinski definition) is 2. The first-order chi connectivity index (χ1) is 9.11. The van der Waals surface area contributed by atoms with Gasteiger partial charge in [-0.3, -0.25) is 0 Å². The zero-order valence-corrected chi connectivity index (χ0v) is 11.8. The molecule has 0 amide bonds. The van der Waals surface area contributed by atoms with Crippen LogP contribution in [-0.2, 0) is 6.42 Å². The maximum atomic E-state index is 10.4. The van der Waals surface area contributed by atoms with Crippen LogP contribution in [0.1, 0.15) is 22.8 Å². The van der Waals surface area contributed by atoms with Gasteiger partial charge >= 0.3 is 0 Å². The molecule has 2 rings (SSSR count). The Labute approximate surface area is 118 Å². The Kier molecular flexibility index (Phi) is 4.46. The molecule has 100 valence electrons. The monoisotopic (exact) mass is 276 g/mol. The largest absolute Gasteiger partial charge is 0.496 e. The van der Waals surface area contributed by atoms with Crippen LogP contribution in [0.4, 0.5) is 0 Å². The van der Waals surface area contributed by atoms with E-state index in [9.17, 15) is 5.11 Å². The number of rotatable bonds is 4. The summed E-state index contributed by atoms with van der Waals surface area (Å²) in [6, 6.07) is 13.5. The molecular formula is C16H17ClO2. The molecule has 0 spiro atoms. The summed E-state index contributed by atoms with van der Waals surface area (Å²) >= 11 is 6.16. The van der Waals surface area contributed by atoms with E-state index in [4.69, 9.17) is 16.3 Å². The van der Waals surface area contributed by atoms with E-state index in [-0.39, 0.29) is 0 Å². The molecule has 1 atom stereocenters. The number of aryl methyl sites for hydroxylation is 1. The molecule has 0 aliphatic carbocycles. The smallest absolute Gasteiger partial charge is 0.126 e. The van der Waals surface area contributed by atoms with Gasteiger partial charge in [0.1, 0.15) is 5.75 Å². The van der Waals surface area contributed by atoms with Crippen molar-refractivity contribution in [3.63, 3.8) is 0 Å². The van der Waals surface area contributed by atoms with Crippen molar-refractivity contribution in [1.29, 1.82) is 0 Å². The van der Waals surface area contributed by atoms with E-state index in [2.05, 4.69) is 6.07 Å². The maximum absolute atomic E-state index is 10.4. The fourth-order valence-electron chi connectivity index (χ4n) is 2.18.